The lowest BCUT2D eigenvalue weighted by Gasteiger charge is -2.22. The second-order valence-electron chi connectivity index (χ2n) is 4.12. The van der Waals surface area contributed by atoms with Gasteiger partial charge in [0.25, 0.3) is 0 Å². The number of benzene rings is 1. The maximum absolute atomic E-state index is 9.18. The van der Waals surface area contributed by atoms with Crippen molar-refractivity contribution >= 4 is 0 Å². The molecule has 0 saturated carbocycles. The predicted molar refractivity (Wildman–Crippen MR) is 58.6 cm³/mol. The quantitative estimate of drug-likeness (QED) is 0.786. The van der Waals surface area contributed by atoms with Crippen molar-refractivity contribution in [2.45, 2.75) is 25.4 Å². The number of rotatable bonds is 3. The zero-order valence-corrected chi connectivity index (χ0v) is 8.76. The van der Waals surface area contributed by atoms with E-state index in [1.165, 1.54) is 12.0 Å². The molecule has 1 aromatic carbocycles. The van der Waals surface area contributed by atoms with Crippen molar-refractivity contribution in [2.75, 3.05) is 13.2 Å². The molecule has 1 atom stereocenters. The molecular formula is C12H17NO2. The molecule has 1 aliphatic heterocycles. The van der Waals surface area contributed by atoms with Crippen molar-refractivity contribution in [3.63, 3.8) is 0 Å². The average Bonchev–Trinajstić information content (AvgIpc) is 2.69. The van der Waals surface area contributed by atoms with Crippen LogP contribution in [0.3, 0.4) is 0 Å². The molecule has 82 valence electrons. The Bertz CT molecular complexity index is 310. The molecule has 0 amide bonds. The molecule has 2 rings (SSSR count). The van der Waals surface area contributed by atoms with E-state index in [4.69, 9.17) is 5.11 Å². The Morgan fingerprint density at radius 1 is 1.27 bits per heavy atom. The Labute approximate surface area is 90.0 Å². The van der Waals surface area contributed by atoms with E-state index in [2.05, 4.69) is 4.90 Å². The van der Waals surface area contributed by atoms with E-state index in [1.54, 1.807) is 12.1 Å². The molecule has 0 aliphatic carbocycles. The summed E-state index contributed by atoms with van der Waals surface area (Å²) in [6.07, 6.45) is 2.26. The van der Waals surface area contributed by atoms with Crippen LogP contribution in [0.5, 0.6) is 5.75 Å². The minimum atomic E-state index is 0.248. The fourth-order valence-corrected chi connectivity index (χ4v) is 2.15. The predicted octanol–water partition coefficient (Wildman–Crippen LogP) is 1.35. The Hall–Kier alpha value is -1.06. The maximum Gasteiger partial charge on any atom is 0.115 e. The summed E-state index contributed by atoms with van der Waals surface area (Å²) in [6, 6.07) is 7.60. The number of aliphatic hydroxyl groups excluding tert-OH is 1. The van der Waals surface area contributed by atoms with Crippen LogP contribution in [-0.2, 0) is 6.54 Å². The smallest absolute Gasteiger partial charge is 0.115 e. The minimum absolute atomic E-state index is 0.248. The van der Waals surface area contributed by atoms with E-state index in [0.29, 0.717) is 11.8 Å². The minimum Gasteiger partial charge on any atom is -0.508 e. The molecule has 3 nitrogen and oxygen atoms in total. The van der Waals surface area contributed by atoms with Crippen LogP contribution in [0.15, 0.2) is 24.3 Å². The number of hydrogen-bond donors (Lipinski definition) is 2. The summed E-state index contributed by atoms with van der Waals surface area (Å²) in [5, 5.41) is 18.3. The molecule has 15 heavy (non-hydrogen) atoms. The summed E-state index contributed by atoms with van der Waals surface area (Å²) in [5.41, 5.74) is 1.19. The third kappa shape index (κ3) is 2.49. The zero-order chi connectivity index (χ0) is 10.7. The lowest BCUT2D eigenvalue weighted by atomic mass is 10.2. The molecule has 3 heteroatoms. The zero-order valence-electron chi connectivity index (χ0n) is 8.76. The SMILES string of the molecule is OC[C@H]1CCCN1Cc1ccc(O)cc1. The summed E-state index contributed by atoms with van der Waals surface area (Å²) in [6.45, 7) is 2.18. The number of phenols is 1. The normalized spacial score (nSPS) is 22.1. The summed E-state index contributed by atoms with van der Waals surface area (Å²) < 4.78 is 0. The topological polar surface area (TPSA) is 43.7 Å². The van der Waals surface area contributed by atoms with Crippen molar-refractivity contribution in [1.29, 1.82) is 0 Å². The average molecular weight is 207 g/mol. The summed E-state index contributed by atoms with van der Waals surface area (Å²) in [5.74, 6) is 0.305. The first-order valence-corrected chi connectivity index (χ1v) is 5.42. The second kappa shape index (κ2) is 4.64. The molecule has 2 N–H and O–H groups in total. The molecule has 1 aromatic rings. The maximum atomic E-state index is 9.18. The second-order valence-corrected chi connectivity index (χ2v) is 4.12. The summed E-state index contributed by atoms with van der Waals surface area (Å²) >= 11 is 0. The Kier molecular flexibility index (Phi) is 3.23. The standard InChI is InChI=1S/C12H17NO2/c14-9-11-2-1-7-13(11)8-10-3-5-12(15)6-4-10/h3-6,11,14-15H,1-2,7-9H2/t11-/m1/s1. The van der Waals surface area contributed by atoms with Crippen molar-refractivity contribution in [2.24, 2.45) is 0 Å². The molecule has 1 aliphatic rings. The van der Waals surface area contributed by atoms with Crippen LogP contribution in [-0.4, -0.2) is 34.3 Å². The number of likely N-dealkylation sites (tertiary alicyclic amines) is 1. The summed E-state index contributed by atoms with van der Waals surface area (Å²) in [4.78, 5) is 2.30. The molecule has 0 bridgehead atoms. The van der Waals surface area contributed by atoms with Gasteiger partial charge in [-0.2, -0.15) is 0 Å². The molecule has 0 unspecified atom stereocenters. The van der Waals surface area contributed by atoms with Gasteiger partial charge in [0, 0.05) is 12.6 Å². The molecule has 1 saturated heterocycles. The highest BCUT2D eigenvalue weighted by molar-refractivity contribution is 5.25. The van der Waals surface area contributed by atoms with Gasteiger partial charge >= 0.3 is 0 Å². The van der Waals surface area contributed by atoms with E-state index in [1.807, 2.05) is 12.1 Å². The Balaban J connectivity index is 1.99. The fourth-order valence-electron chi connectivity index (χ4n) is 2.15. The van der Waals surface area contributed by atoms with Crippen LogP contribution in [0, 0.1) is 0 Å². The first-order valence-electron chi connectivity index (χ1n) is 5.42. The number of nitrogens with zero attached hydrogens (tertiary/aromatic N) is 1. The van der Waals surface area contributed by atoms with Crippen LogP contribution in [0.2, 0.25) is 0 Å². The first kappa shape index (κ1) is 10.5. The highest BCUT2D eigenvalue weighted by atomic mass is 16.3. The molecule has 1 heterocycles. The Morgan fingerprint density at radius 3 is 2.67 bits per heavy atom. The van der Waals surface area contributed by atoms with Gasteiger partial charge in [0.1, 0.15) is 5.75 Å². The third-order valence-electron chi connectivity index (χ3n) is 3.03. The van der Waals surface area contributed by atoms with Gasteiger partial charge < -0.3 is 10.2 Å². The van der Waals surface area contributed by atoms with E-state index in [-0.39, 0.29) is 6.61 Å². The van der Waals surface area contributed by atoms with Gasteiger partial charge in [0.15, 0.2) is 0 Å². The van der Waals surface area contributed by atoms with Crippen LogP contribution in [0.1, 0.15) is 18.4 Å². The van der Waals surface area contributed by atoms with Gasteiger partial charge in [0.05, 0.1) is 6.61 Å². The number of phenolic OH excluding ortho intramolecular Hbond substituents is 1. The van der Waals surface area contributed by atoms with Crippen molar-refractivity contribution in [1.82, 2.24) is 4.90 Å². The third-order valence-corrected chi connectivity index (χ3v) is 3.03. The lowest BCUT2D eigenvalue weighted by molar-refractivity contribution is 0.153. The number of aromatic hydroxyl groups is 1. The van der Waals surface area contributed by atoms with Gasteiger partial charge in [-0.15, -0.1) is 0 Å². The highest BCUT2D eigenvalue weighted by Gasteiger charge is 2.23. The van der Waals surface area contributed by atoms with Gasteiger partial charge in [0.2, 0.25) is 0 Å². The van der Waals surface area contributed by atoms with E-state index in [9.17, 15) is 5.11 Å². The van der Waals surface area contributed by atoms with Gasteiger partial charge in [-0.1, -0.05) is 12.1 Å². The largest absolute Gasteiger partial charge is 0.508 e. The molecule has 0 radical (unpaired) electrons. The Morgan fingerprint density at radius 2 is 2.00 bits per heavy atom. The number of aliphatic hydroxyl groups is 1. The molecular weight excluding hydrogens is 190 g/mol. The molecule has 0 aromatic heterocycles. The van der Waals surface area contributed by atoms with Gasteiger partial charge in [-0.3, -0.25) is 4.90 Å². The fraction of sp³-hybridized carbons (Fsp3) is 0.500. The lowest BCUT2D eigenvalue weighted by Crippen LogP contribution is -2.31. The van der Waals surface area contributed by atoms with Crippen LogP contribution >= 0.6 is 0 Å². The summed E-state index contributed by atoms with van der Waals surface area (Å²) in [7, 11) is 0. The van der Waals surface area contributed by atoms with Crippen molar-refractivity contribution in [3.05, 3.63) is 29.8 Å². The van der Waals surface area contributed by atoms with E-state index >= 15 is 0 Å². The monoisotopic (exact) mass is 207 g/mol. The van der Waals surface area contributed by atoms with Crippen LogP contribution in [0.25, 0.3) is 0 Å². The highest BCUT2D eigenvalue weighted by Crippen LogP contribution is 2.20. The van der Waals surface area contributed by atoms with Crippen molar-refractivity contribution in [3.8, 4) is 5.75 Å². The molecule has 0 spiro atoms. The van der Waals surface area contributed by atoms with Crippen LogP contribution in [0.4, 0.5) is 0 Å². The van der Waals surface area contributed by atoms with Crippen molar-refractivity contribution < 1.29 is 10.2 Å². The van der Waals surface area contributed by atoms with E-state index in [0.717, 1.165) is 19.5 Å². The number of hydrogen-bond acceptors (Lipinski definition) is 3. The van der Waals surface area contributed by atoms with Gasteiger partial charge in [-0.25, -0.2) is 0 Å². The first-order chi connectivity index (χ1) is 7.29. The van der Waals surface area contributed by atoms with E-state index < -0.39 is 0 Å². The van der Waals surface area contributed by atoms with Gasteiger partial charge in [-0.05, 0) is 37.1 Å². The molecule has 1 fully saturated rings. The van der Waals surface area contributed by atoms with Crippen LogP contribution < -0.4 is 0 Å².